The van der Waals surface area contributed by atoms with Crippen LogP contribution >= 0.6 is 0 Å². The van der Waals surface area contributed by atoms with E-state index in [-0.39, 0.29) is 5.92 Å². The minimum absolute atomic E-state index is 0.219. The summed E-state index contributed by atoms with van der Waals surface area (Å²) >= 11 is 0. The van der Waals surface area contributed by atoms with E-state index in [9.17, 15) is 4.79 Å². The molecule has 1 aromatic carbocycles. The van der Waals surface area contributed by atoms with Gasteiger partial charge in [-0.15, -0.1) is 0 Å². The molecule has 0 bridgehead atoms. The number of carboxylic acid groups (broad SMARTS) is 1. The van der Waals surface area contributed by atoms with Crippen LogP contribution in [0.25, 0.3) is 0 Å². The number of anilines is 1. The molecule has 92 valence electrons. The third-order valence-corrected chi connectivity index (χ3v) is 3.48. The molecule has 0 spiro atoms. The van der Waals surface area contributed by atoms with Crippen molar-refractivity contribution in [3.05, 3.63) is 29.3 Å². The molecule has 3 heteroatoms. The molecule has 1 saturated heterocycles. The SMILES string of the molecule is Cc1ccc(C)c(N2CCCC(C(=O)O)C2)c1. The molecule has 1 heterocycles. The first-order valence-electron chi connectivity index (χ1n) is 6.13. The number of carbonyl (C=O) groups is 1. The van der Waals surface area contributed by atoms with Crippen molar-refractivity contribution in [2.45, 2.75) is 26.7 Å². The van der Waals surface area contributed by atoms with Gasteiger partial charge in [-0.1, -0.05) is 12.1 Å². The van der Waals surface area contributed by atoms with Gasteiger partial charge in [0.2, 0.25) is 0 Å². The number of piperidine rings is 1. The number of benzene rings is 1. The summed E-state index contributed by atoms with van der Waals surface area (Å²) in [5.41, 5.74) is 3.64. The molecular weight excluding hydrogens is 214 g/mol. The molecule has 0 saturated carbocycles. The molecule has 1 atom stereocenters. The Bertz CT molecular complexity index is 428. The Morgan fingerprint density at radius 3 is 2.88 bits per heavy atom. The first-order valence-corrected chi connectivity index (χ1v) is 6.13. The van der Waals surface area contributed by atoms with E-state index in [1.807, 2.05) is 0 Å². The lowest BCUT2D eigenvalue weighted by Crippen LogP contribution is -2.39. The van der Waals surface area contributed by atoms with Crippen LogP contribution in [-0.2, 0) is 4.79 Å². The summed E-state index contributed by atoms with van der Waals surface area (Å²) in [6.07, 6.45) is 1.76. The van der Waals surface area contributed by atoms with E-state index >= 15 is 0 Å². The lowest BCUT2D eigenvalue weighted by atomic mass is 9.97. The second kappa shape index (κ2) is 4.78. The van der Waals surface area contributed by atoms with Crippen LogP contribution < -0.4 is 4.90 Å². The van der Waals surface area contributed by atoms with Crippen molar-refractivity contribution in [3.8, 4) is 0 Å². The molecule has 1 N–H and O–H groups in total. The minimum Gasteiger partial charge on any atom is -0.481 e. The summed E-state index contributed by atoms with van der Waals surface area (Å²) in [6, 6.07) is 6.35. The Balaban J connectivity index is 2.21. The standard InChI is InChI=1S/C14H19NO2/c1-10-5-6-11(2)13(8-10)15-7-3-4-12(9-15)14(16)17/h5-6,8,12H,3-4,7,9H2,1-2H3,(H,16,17). The second-order valence-corrected chi connectivity index (χ2v) is 4.91. The zero-order chi connectivity index (χ0) is 12.4. The summed E-state index contributed by atoms with van der Waals surface area (Å²) < 4.78 is 0. The molecule has 1 unspecified atom stereocenters. The van der Waals surface area contributed by atoms with Crippen molar-refractivity contribution in [3.63, 3.8) is 0 Å². The van der Waals surface area contributed by atoms with Gasteiger partial charge in [0.25, 0.3) is 0 Å². The Kier molecular flexibility index (Phi) is 3.36. The maximum atomic E-state index is 11.1. The van der Waals surface area contributed by atoms with Crippen molar-refractivity contribution in [2.24, 2.45) is 5.92 Å². The molecular formula is C14H19NO2. The van der Waals surface area contributed by atoms with Gasteiger partial charge in [-0.2, -0.15) is 0 Å². The van der Waals surface area contributed by atoms with Crippen molar-refractivity contribution in [2.75, 3.05) is 18.0 Å². The van der Waals surface area contributed by atoms with Crippen molar-refractivity contribution >= 4 is 11.7 Å². The summed E-state index contributed by atoms with van der Waals surface area (Å²) in [7, 11) is 0. The van der Waals surface area contributed by atoms with Crippen molar-refractivity contribution < 1.29 is 9.90 Å². The van der Waals surface area contributed by atoms with E-state index in [0.717, 1.165) is 19.4 Å². The average molecular weight is 233 g/mol. The highest BCUT2D eigenvalue weighted by Crippen LogP contribution is 2.27. The number of aryl methyl sites for hydroxylation is 2. The van der Waals surface area contributed by atoms with Gasteiger partial charge in [-0.3, -0.25) is 4.79 Å². The normalized spacial score (nSPS) is 20.4. The quantitative estimate of drug-likeness (QED) is 0.853. The van der Waals surface area contributed by atoms with E-state index < -0.39 is 5.97 Å². The Morgan fingerprint density at radius 2 is 2.18 bits per heavy atom. The second-order valence-electron chi connectivity index (χ2n) is 4.91. The fourth-order valence-electron chi connectivity index (χ4n) is 2.46. The van der Waals surface area contributed by atoms with Crippen LogP contribution in [0.3, 0.4) is 0 Å². The number of rotatable bonds is 2. The zero-order valence-corrected chi connectivity index (χ0v) is 10.4. The van der Waals surface area contributed by atoms with Gasteiger partial charge >= 0.3 is 5.97 Å². The lowest BCUT2D eigenvalue weighted by Gasteiger charge is -2.33. The highest BCUT2D eigenvalue weighted by molar-refractivity contribution is 5.71. The maximum absolute atomic E-state index is 11.1. The molecule has 0 aromatic heterocycles. The third-order valence-electron chi connectivity index (χ3n) is 3.48. The first-order chi connectivity index (χ1) is 8.08. The van der Waals surface area contributed by atoms with Gasteiger partial charge in [0, 0.05) is 18.8 Å². The fourth-order valence-corrected chi connectivity index (χ4v) is 2.46. The molecule has 0 amide bonds. The first kappa shape index (κ1) is 12.0. The number of nitrogens with zero attached hydrogens (tertiary/aromatic N) is 1. The summed E-state index contributed by atoms with van der Waals surface area (Å²) in [4.78, 5) is 13.3. The van der Waals surface area contributed by atoms with E-state index in [2.05, 4.69) is 36.9 Å². The Morgan fingerprint density at radius 1 is 1.41 bits per heavy atom. The average Bonchev–Trinajstić information content (AvgIpc) is 2.32. The van der Waals surface area contributed by atoms with Crippen LogP contribution in [0.15, 0.2) is 18.2 Å². The van der Waals surface area contributed by atoms with Crippen LogP contribution in [0.2, 0.25) is 0 Å². The minimum atomic E-state index is -0.667. The van der Waals surface area contributed by atoms with Gasteiger partial charge in [0.1, 0.15) is 0 Å². The Labute approximate surface area is 102 Å². The Hall–Kier alpha value is -1.51. The van der Waals surface area contributed by atoms with Gasteiger partial charge < -0.3 is 10.0 Å². The molecule has 17 heavy (non-hydrogen) atoms. The van der Waals surface area contributed by atoms with Gasteiger partial charge in [0.05, 0.1) is 5.92 Å². The van der Waals surface area contributed by atoms with Gasteiger partial charge in [-0.05, 0) is 43.9 Å². The topological polar surface area (TPSA) is 40.5 Å². The van der Waals surface area contributed by atoms with Crippen LogP contribution in [0, 0.1) is 19.8 Å². The maximum Gasteiger partial charge on any atom is 0.308 e. The predicted octanol–water partition coefficient (Wildman–Crippen LogP) is 2.60. The van der Waals surface area contributed by atoms with Crippen LogP contribution in [-0.4, -0.2) is 24.2 Å². The third kappa shape index (κ3) is 2.60. The lowest BCUT2D eigenvalue weighted by molar-refractivity contribution is -0.141. The molecule has 0 radical (unpaired) electrons. The largest absolute Gasteiger partial charge is 0.481 e. The summed E-state index contributed by atoms with van der Waals surface area (Å²) in [6.45, 7) is 5.76. The van der Waals surface area contributed by atoms with Crippen LogP contribution in [0.5, 0.6) is 0 Å². The van der Waals surface area contributed by atoms with Gasteiger partial charge in [-0.25, -0.2) is 0 Å². The highest BCUT2D eigenvalue weighted by atomic mass is 16.4. The summed E-state index contributed by atoms with van der Waals surface area (Å²) in [5.74, 6) is -0.885. The van der Waals surface area contributed by atoms with E-state index in [1.54, 1.807) is 0 Å². The molecule has 1 fully saturated rings. The fraction of sp³-hybridized carbons (Fsp3) is 0.500. The van der Waals surface area contributed by atoms with E-state index in [4.69, 9.17) is 5.11 Å². The number of hydrogen-bond acceptors (Lipinski definition) is 2. The molecule has 2 rings (SSSR count). The van der Waals surface area contributed by atoms with Crippen LogP contribution in [0.1, 0.15) is 24.0 Å². The van der Waals surface area contributed by atoms with Crippen LogP contribution in [0.4, 0.5) is 5.69 Å². The molecule has 1 aromatic rings. The number of carboxylic acids is 1. The number of hydrogen-bond donors (Lipinski definition) is 1. The predicted molar refractivity (Wildman–Crippen MR) is 68.5 cm³/mol. The molecule has 1 aliphatic rings. The summed E-state index contributed by atoms with van der Waals surface area (Å²) in [5, 5.41) is 9.10. The number of aliphatic carboxylic acids is 1. The smallest absolute Gasteiger partial charge is 0.308 e. The molecule has 1 aliphatic heterocycles. The zero-order valence-electron chi connectivity index (χ0n) is 10.4. The van der Waals surface area contributed by atoms with Gasteiger partial charge in [0.15, 0.2) is 0 Å². The highest BCUT2D eigenvalue weighted by Gasteiger charge is 2.26. The van der Waals surface area contributed by atoms with E-state index in [0.29, 0.717) is 6.54 Å². The molecule has 0 aliphatic carbocycles. The monoisotopic (exact) mass is 233 g/mol. The van der Waals surface area contributed by atoms with Crippen molar-refractivity contribution in [1.82, 2.24) is 0 Å². The van der Waals surface area contributed by atoms with E-state index in [1.165, 1.54) is 16.8 Å². The van der Waals surface area contributed by atoms with Crippen molar-refractivity contribution in [1.29, 1.82) is 0 Å². The molecule has 3 nitrogen and oxygen atoms in total.